The lowest BCUT2D eigenvalue weighted by Gasteiger charge is -2.12. The fourth-order valence-electron chi connectivity index (χ4n) is 0.713. The highest BCUT2D eigenvalue weighted by Gasteiger charge is 2.08. The molecule has 0 unspecified atom stereocenters. The molecule has 0 fully saturated rings. The lowest BCUT2D eigenvalue weighted by molar-refractivity contribution is -0.118. The van der Waals surface area contributed by atoms with Gasteiger partial charge < -0.3 is 21.3 Å². The van der Waals surface area contributed by atoms with Crippen molar-refractivity contribution in [1.29, 1.82) is 0 Å². The van der Waals surface area contributed by atoms with Gasteiger partial charge in [-0.3, -0.25) is 4.79 Å². The van der Waals surface area contributed by atoms with Crippen LogP contribution in [-0.2, 0) is 4.79 Å². The standard InChI is InChI=1S/C6H14N2O3/c7-6(11)3-5(4-10)8-1-2-9/h5,8-10H,1-4H2,(H2,7,11)/t5-/m0/s1. The second kappa shape index (κ2) is 6.09. The molecule has 5 heteroatoms. The molecular formula is C6H14N2O3. The van der Waals surface area contributed by atoms with E-state index < -0.39 is 5.91 Å². The van der Waals surface area contributed by atoms with Crippen LogP contribution >= 0.6 is 0 Å². The van der Waals surface area contributed by atoms with E-state index >= 15 is 0 Å². The van der Waals surface area contributed by atoms with Crippen molar-refractivity contribution >= 4 is 5.91 Å². The summed E-state index contributed by atoms with van der Waals surface area (Å²) in [5.74, 6) is -0.463. The average Bonchev–Trinajstić information content (AvgIpc) is 1.97. The van der Waals surface area contributed by atoms with Gasteiger partial charge in [-0.2, -0.15) is 0 Å². The van der Waals surface area contributed by atoms with Crippen molar-refractivity contribution < 1.29 is 15.0 Å². The fraction of sp³-hybridized carbons (Fsp3) is 0.833. The van der Waals surface area contributed by atoms with Crippen molar-refractivity contribution in [3.8, 4) is 0 Å². The molecule has 1 atom stereocenters. The molecule has 0 aromatic rings. The summed E-state index contributed by atoms with van der Waals surface area (Å²) in [5.41, 5.74) is 4.89. The number of hydrogen-bond acceptors (Lipinski definition) is 4. The molecule has 5 N–H and O–H groups in total. The third-order valence-corrected chi connectivity index (χ3v) is 1.21. The van der Waals surface area contributed by atoms with E-state index in [-0.39, 0.29) is 25.7 Å². The van der Waals surface area contributed by atoms with Gasteiger partial charge in [-0.1, -0.05) is 0 Å². The van der Waals surface area contributed by atoms with Crippen molar-refractivity contribution in [1.82, 2.24) is 5.32 Å². The maximum absolute atomic E-state index is 10.3. The zero-order valence-corrected chi connectivity index (χ0v) is 6.29. The molecule has 0 bridgehead atoms. The molecule has 0 aliphatic heterocycles. The second-order valence-electron chi connectivity index (χ2n) is 2.23. The van der Waals surface area contributed by atoms with Crippen molar-refractivity contribution in [2.75, 3.05) is 19.8 Å². The Morgan fingerprint density at radius 2 is 2.18 bits per heavy atom. The number of hydrogen-bond donors (Lipinski definition) is 4. The first-order chi connectivity index (χ1) is 5.20. The molecule has 66 valence electrons. The van der Waals surface area contributed by atoms with Crippen LogP contribution in [0.2, 0.25) is 0 Å². The average molecular weight is 162 g/mol. The Kier molecular flexibility index (Phi) is 5.73. The molecule has 0 aliphatic rings. The Morgan fingerprint density at radius 3 is 2.55 bits per heavy atom. The lowest BCUT2D eigenvalue weighted by Crippen LogP contribution is -2.37. The van der Waals surface area contributed by atoms with E-state index in [0.717, 1.165) is 0 Å². The molecule has 0 spiro atoms. The predicted molar refractivity (Wildman–Crippen MR) is 39.8 cm³/mol. The van der Waals surface area contributed by atoms with E-state index in [1.807, 2.05) is 0 Å². The molecule has 0 aromatic heterocycles. The van der Waals surface area contributed by atoms with Gasteiger partial charge >= 0.3 is 0 Å². The lowest BCUT2D eigenvalue weighted by atomic mass is 10.2. The third kappa shape index (κ3) is 5.78. The third-order valence-electron chi connectivity index (χ3n) is 1.21. The van der Waals surface area contributed by atoms with Crippen molar-refractivity contribution in [3.05, 3.63) is 0 Å². The largest absolute Gasteiger partial charge is 0.395 e. The molecule has 0 rings (SSSR count). The van der Waals surface area contributed by atoms with E-state index in [1.54, 1.807) is 0 Å². The van der Waals surface area contributed by atoms with E-state index in [0.29, 0.717) is 6.54 Å². The van der Waals surface area contributed by atoms with Crippen LogP contribution in [0.3, 0.4) is 0 Å². The van der Waals surface area contributed by atoms with Crippen LogP contribution in [0.25, 0.3) is 0 Å². The monoisotopic (exact) mass is 162 g/mol. The topological polar surface area (TPSA) is 95.6 Å². The molecule has 0 aromatic carbocycles. The van der Waals surface area contributed by atoms with E-state index in [2.05, 4.69) is 5.32 Å². The number of primary amides is 1. The minimum Gasteiger partial charge on any atom is -0.395 e. The molecule has 5 nitrogen and oxygen atoms in total. The molecule has 11 heavy (non-hydrogen) atoms. The number of aliphatic hydroxyl groups excluding tert-OH is 2. The van der Waals surface area contributed by atoms with Gasteiger partial charge in [0.05, 0.1) is 13.2 Å². The number of carbonyl (C=O) groups is 1. The zero-order valence-electron chi connectivity index (χ0n) is 6.29. The van der Waals surface area contributed by atoms with Gasteiger partial charge in [-0.05, 0) is 0 Å². The molecule has 1 amide bonds. The SMILES string of the molecule is NC(=O)C[C@@H](CO)NCCO. The summed E-state index contributed by atoms with van der Waals surface area (Å²) in [6.45, 7) is 0.191. The summed E-state index contributed by atoms with van der Waals surface area (Å²) < 4.78 is 0. The van der Waals surface area contributed by atoms with Crippen molar-refractivity contribution in [2.24, 2.45) is 5.73 Å². The van der Waals surface area contributed by atoms with Crippen LogP contribution in [0.15, 0.2) is 0 Å². The Hall–Kier alpha value is -0.650. The summed E-state index contributed by atoms with van der Waals surface area (Å²) in [5, 5.41) is 19.8. The number of amides is 1. The van der Waals surface area contributed by atoms with Gasteiger partial charge in [0.25, 0.3) is 0 Å². The molecule has 0 saturated heterocycles. The van der Waals surface area contributed by atoms with Gasteiger partial charge in [-0.25, -0.2) is 0 Å². The van der Waals surface area contributed by atoms with Gasteiger partial charge in [0.15, 0.2) is 0 Å². The first kappa shape index (κ1) is 10.3. The Balaban J connectivity index is 3.49. The highest BCUT2D eigenvalue weighted by atomic mass is 16.3. The number of aliphatic hydroxyl groups is 2. The molecule has 0 radical (unpaired) electrons. The molecule has 0 saturated carbocycles. The number of nitrogens with two attached hydrogens (primary N) is 1. The smallest absolute Gasteiger partial charge is 0.219 e. The summed E-state index contributed by atoms with van der Waals surface area (Å²) in [6.07, 6.45) is 0.0938. The molecule has 0 aliphatic carbocycles. The van der Waals surface area contributed by atoms with Crippen LogP contribution in [0, 0.1) is 0 Å². The van der Waals surface area contributed by atoms with Gasteiger partial charge in [0.2, 0.25) is 5.91 Å². The van der Waals surface area contributed by atoms with Gasteiger partial charge in [0.1, 0.15) is 0 Å². The number of carbonyl (C=O) groups excluding carboxylic acids is 1. The normalized spacial score (nSPS) is 12.9. The molecular weight excluding hydrogens is 148 g/mol. The first-order valence-electron chi connectivity index (χ1n) is 3.44. The maximum atomic E-state index is 10.3. The Morgan fingerprint density at radius 1 is 1.55 bits per heavy atom. The highest BCUT2D eigenvalue weighted by molar-refractivity contribution is 5.74. The summed E-state index contributed by atoms with van der Waals surface area (Å²) in [7, 11) is 0. The Labute approximate surface area is 65.2 Å². The number of nitrogens with one attached hydrogen (secondary N) is 1. The maximum Gasteiger partial charge on any atom is 0.219 e. The summed E-state index contributed by atoms with van der Waals surface area (Å²) in [6, 6.07) is -0.334. The van der Waals surface area contributed by atoms with Crippen LogP contribution in [0.1, 0.15) is 6.42 Å². The Bertz CT molecular complexity index is 118. The van der Waals surface area contributed by atoms with E-state index in [4.69, 9.17) is 15.9 Å². The van der Waals surface area contributed by atoms with E-state index in [1.165, 1.54) is 0 Å². The zero-order chi connectivity index (χ0) is 8.69. The highest BCUT2D eigenvalue weighted by Crippen LogP contribution is 1.87. The van der Waals surface area contributed by atoms with Crippen LogP contribution in [-0.4, -0.2) is 41.9 Å². The second-order valence-corrected chi connectivity index (χ2v) is 2.23. The van der Waals surface area contributed by atoms with Gasteiger partial charge in [-0.15, -0.1) is 0 Å². The summed E-state index contributed by atoms with van der Waals surface area (Å²) >= 11 is 0. The minimum atomic E-state index is -0.463. The van der Waals surface area contributed by atoms with Crippen LogP contribution in [0.5, 0.6) is 0 Å². The van der Waals surface area contributed by atoms with Gasteiger partial charge in [0, 0.05) is 19.0 Å². The van der Waals surface area contributed by atoms with E-state index in [9.17, 15) is 4.79 Å². The quantitative estimate of drug-likeness (QED) is 0.356. The van der Waals surface area contributed by atoms with Crippen molar-refractivity contribution in [3.63, 3.8) is 0 Å². The van der Waals surface area contributed by atoms with Crippen LogP contribution in [0.4, 0.5) is 0 Å². The van der Waals surface area contributed by atoms with Crippen LogP contribution < -0.4 is 11.1 Å². The number of rotatable bonds is 6. The predicted octanol–water partition coefficient (Wildman–Crippen LogP) is -2.20. The fourth-order valence-corrected chi connectivity index (χ4v) is 0.713. The molecule has 0 heterocycles. The first-order valence-corrected chi connectivity index (χ1v) is 3.44. The van der Waals surface area contributed by atoms with Crippen molar-refractivity contribution in [2.45, 2.75) is 12.5 Å². The minimum absolute atomic E-state index is 0.0186. The summed E-state index contributed by atoms with van der Waals surface area (Å²) in [4.78, 5) is 10.3.